The molecule has 1 heterocycles. The monoisotopic (exact) mass is 323 g/mol. The minimum Gasteiger partial charge on any atom is -0.285 e. The zero-order chi connectivity index (χ0) is 16.1. The second-order valence-corrected chi connectivity index (χ2v) is 6.23. The summed E-state index contributed by atoms with van der Waals surface area (Å²) in [4.78, 5) is 13.7. The third-order valence-electron chi connectivity index (χ3n) is 3.47. The first-order chi connectivity index (χ1) is 11.2. The summed E-state index contributed by atoms with van der Waals surface area (Å²) in [6.07, 6.45) is 1.70. The van der Waals surface area contributed by atoms with Gasteiger partial charge in [-0.05, 0) is 18.1 Å². The summed E-state index contributed by atoms with van der Waals surface area (Å²) in [6, 6.07) is 18.0. The standard InChI is InChI=1S/C18H17N3OS/c1-14-7-9-15(10-8-14)11-19-20-18-21(17(22)13-23-18)12-16-5-3-2-4-6-16/h2-11H,12-13H2,1H3/b19-11-,20-18+. The van der Waals surface area contributed by atoms with Crippen molar-refractivity contribution in [3.8, 4) is 0 Å². The van der Waals surface area contributed by atoms with Crippen molar-refractivity contribution in [1.82, 2.24) is 4.90 Å². The maximum Gasteiger partial charge on any atom is 0.239 e. The van der Waals surface area contributed by atoms with Gasteiger partial charge < -0.3 is 0 Å². The number of thioether (sulfide) groups is 1. The minimum atomic E-state index is 0.0724. The maximum atomic E-state index is 12.0. The number of amidine groups is 1. The fraction of sp³-hybridized carbons (Fsp3) is 0.167. The molecule has 0 unspecified atom stereocenters. The fourth-order valence-electron chi connectivity index (χ4n) is 2.19. The van der Waals surface area contributed by atoms with E-state index in [9.17, 15) is 4.79 Å². The van der Waals surface area contributed by atoms with E-state index in [-0.39, 0.29) is 5.91 Å². The number of rotatable bonds is 4. The number of benzene rings is 2. The van der Waals surface area contributed by atoms with Gasteiger partial charge in [-0.1, -0.05) is 71.9 Å². The van der Waals surface area contributed by atoms with E-state index in [1.807, 2.05) is 61.5 Å². The van der Waals surface area contributed by atoms with Gasteiger partial charge in [0, 0.05) is 0 Å². The molecule has 5 heteroatoms. The molecule has 116 valence electrons. The average Bonchev–Trinajstić information content (AvgIpc) is 2.91. The Morgan fingerprint density at radius 3 is 2.61 bits per heavy atom. The van der Waals surface area contributed by atoms with Crippen molar-refractivity contribution < 1.29 is 4.79 Å². The molecule has 23 heavy (non-hydrogen) atoms. The molecule has 0 aliphatic carbocycles. The molecule has 0 saturated carbocycles. The zero-order valence-corrected chi connectivity index (χ0v) is 13.7. The van der Waals surface area contributed by atoms with Gasteiger partial charge in [-0.2, -0.15) is 5.10 Å². The normalized spacial score (nSPS) is 16.7. The molecule has 0 radical (unpaired) electrons. The smallest absolute Gasteiger partial charge is 0.239 e. The van der Waals surface area contributed by atoms with Gasteiger partial charge in [0.05, 0.1) is 18.5 Å². The van der Waals surface area contributed by atoms with Crippen LogP contribution in [0.5, 0.6) is 0 Å². The van der Waals surface area contributed by atoms with Gasteiger partial charge in [0.25, 0.3) is 0 Å². The van der Waals surface area contributed by atoms with Gasteiger partial charge >= 0.3 is 0 Å². The topological polar surface area (TPSA) is 45.0 Å². The molecule has 1 saturated heterocycles. The van der Waals surface area contributed by atoms with Gasteiger partial charge in [0.1, 0.15) is 0 Å². The molecule has 0 bridgehead atoms. The molecular formula is C18H17N3OS. The van der Waals surface area contributed by atoms with E-state index in [1.165, 1.54) is 17.3 Å². The first-order valence-corrected chi connectivity index (χ1v) is 8.36. The molecule has 0 N–H and O–H groups in total. The van der Waals surface area contributed by atoms with E-state index >= 15 is 0 Å². The van der Waals surface area contributed by atoms with E-state index in [0.29, 0.717) is 17.5 Å². The molecule has 1 amide bonds. The van der Waals surface area contributed by atoms with Crippen LogP contribution in [0.1, 0.15) is 16.7 Å². The highest BCUT2D eigenvalue weighted by molar-refractivity contribution is 8.15. The predicted octanol–water partition coefficient (Wildman–Crippen LogP) is 3.46. The quantitative estimate of drug-likeness (QED) is 0.639. The highest BCUT2D eigenvalue weighted by atomic mass is 32.2. The SMILES string of the molecule is Cc1ccc(/C=N\N=C2\SCC(=O)N2Cc2ccccc2)cc1. The Labute approximate surface area is 139 Å². The Morgan fingerprint density at radius 1 is 1.13 bits per heavy atom. The van der Waals surface area contributed by atoms with E-state index in [4.69, 9.17) is 0 Å². The summed E-state index contributed by atoms with van der Waals surface area (Å²) in [5, 5.41) is 9.01. The van der Waals surface area contributed by atoms with Crippen molar-refractivity contribution in [3.63, 3.8) is 0 Å². The van der Waals surface area contributed by atoms with Crippen LogP contribution >= 0.6 is 11.8 Å². The number of nitrogens with zero attached hydrogens (tertiary/aromatic N) is 3. The number of amides is 1. The van der Waals surface area contributed by atoms with E-state index < -0.39 is 0 Å². The van der Waals surface area contributed by atoms with Gasteiger partial charge in [-0.3, -0.25) is 9.69 Å². The first kappa shape index (κ1) is 15.5. The molecule has 2 aromatic carbocycles. The lowest BCUT2D eigenvalue weighted by Crippen LogP contribution is -2.28. The Morgan fingerprint density at radius 2 is 1.87 bits per heavy atom. The van der Waals surface area contributed by atoms with Crippen molar-refractivity contribution in [2.24, 2.45) is 10.2 Å². The Bertz CT molecular complexity index is 739. The molecule has 3 rings (SSSR count). The number of hydrogen-bond donors (Lipinski definition) is 0. The van der Waals surface area contributed by atoms with Crippen molar-refractivity contribution in [3.05, 3.63) is 71.3 Å². The van der Waals surface area contributed by atoms with Crippen molar-refractivity contribution >= 4 is 29.1 Å². The van der Waals surface area contributed by atoms with Crippen LogP contribution in [-0.4, -0.2) is 27.9 Å². The van der Waals surface area contributed by atoms with Crippen molar-refractivity contribution in [2.75, 3.05) is 5.75 Å². The van der Waals surface area contributed by atoms with E-state index in [1.54, 1.807) is 11.1 Å². The molecule has 1 fully saturated rings. The second kappa shape index (κ2) is 7.24. The molecule has 0 atom stereocenters. The fourth-order valence-corrected chi connectivity index (χ4v) is 3.03. The lowest BCUT2D eigenvalue weighted by Gasteiger charge is -2.14. The molecule has 4 nitrogen and oxygen atoms in total. The van der Waals surface area contributed by atoms with Crippen LogP contribution in [0.25, 0.3) is 0 Å². The molecule has 0 aromatic heterocycles. The van der Waals surface area contributed by atoms with Crippen LogP contribution in [0, 0.1) is 6.92 Å². The maximum absolute atomic E-state index is 12.0. The highest BCUT2D eigenvalue weighted by Crippen LogP contribution is 2.21. The minimum absolute atomic E-state index is 0.0724. The van der Waals surface area contributed by atoms with Gasteiger partial charge in [-0.15, -0.1) is 5.10 Å². The largest absolute Gasteiger partial charge is 0.285 e. The Hall–Kier alpha value is -2.40. The van der Waals surface area contributed by atoms with Crippen LogP contribution in [0.15, 0.2) is 64.8 Å². The van der Waals surface area contributed by atoms with Crippen LogP contribution in [0.2, 0.25) is 0 Å². The first-order valence-electron chi connectivity index (χ1n) is 7.37. The molecular weight excluding hydrogens is 306 g/mol. The van der Waals surface area contributed by atoms with Crippen LogP contribution in [0.4, 0.5) is 0 Å². The number of hydrogen-bond acceptors (Lipinski definition) is 4. The number of carbonyl (C=O) groups is 1. The second-order valence-electron chi connectivity index (χ2n) is 5.29. The van der Waals surface area contributed by atoms with Crippen LogP contribution in [-0.2, 0) is 11.3 Å². The summed E-state index contributed by atoms with van der Waals surface area (Å²) >= 11 is 1.43. The van der Waals surface area contributed by atoms with Crippen molar-refractivity contribution in [1.29, 1.82) is 0 Å². The van der Waals surface area contributed by atoms with E-state index in [2.05, 4.69) is 10.2 Å². The molecule has 2 aromatic rings. The van der Waals surface area contributed by atoms with Crippen LogP contribution in [0.3, 0.4) is 0 Å². The third kappa shape index (κ3) is 4.07. The molecule has 1 aliphatic heterocycles. The lowest BCUT2D eigenvalue weighted by atomic mass is 10.2. The predicted molar refractivity (Wildman–Crippen MR) is 95.7 cm³/mol. The zero-order valence-electron chi connectivity index (χ0n) is 12.8. The average molecular weight is 323 g/mol. The third-order valence-corrected chi connectivity index (χ3v) is 4.42. The summed E-state index contributed by atoms with van der Waals surface area (Å²) in [7, 11) is 0. The number of carbonyl (C=O) groups excluding carboxylic acids is 1. The van der Waals surface area contributed by atoms with Gasteiger partial charge in [0.2, 0.25) is 5.91 Å². The van der Waals surface area contributed by atoms with Gasteiger partial charge in [0.15, 0.2) is 5.17 Å². The Balaban J connectivity index is 1.72. The van der Waals surface area contributed by atoms with E-state index in [0.717, 1.165) is 11.1 Å². The summed E-state index contributed by atoms with van der Waals surface area (Å²) in [5.74, 6) is 0.495. The number of aryl methyl sites for hydroxylation is 1. The Kier molecular flexibility index (Phi) is 4.88. The van der Waals surface area contributed by atoms with Gasteiger partial charge in [-0.25, -0.2) is 0 Å². The highest BCUT2D eigenvalue weighted by Gasteiger charge is 2.28. The summed E-state index contributed by atoms with van der Waals surface area (Å²) in [6.45, 7) is 2.58. The summed E-state index contributed by atoms with van der Waals surface area (Å²) in [5.41, 5.74) is 3.28. The van der Waals surface area contributed by atoms with Crippen LogP contribution < -0.4 is 0 Å². The molecule has 0 spiro atoms. The molecule has 1 aliphatic rings. The van der Waals surface area contributed by atoms with Crippen molar-refractivity contribution in [2.45, 2.75) is 13.5 Å². The summed E-state index contributed by atoms with van der Waals surface area (Å²) < 4.78 is 0. The lowest BCUT2D eigenvalue weighted by molar-refractivity contribution is -0.124.